The Morgan fingerprint density at radius 3 is 2.77 bits per heavy atom. The van der Waals surface area contributed by atoms with Crippen molar-refractivity contribution in [2.45, 2.75) is 13.0 Å². The summed E-state index contributed by atoms with van der Waals surface area (Å²) in [5.74, 6) is 0.409. The van der Waals surface area contributed by atoms with Crippen molar-refractivity contribution in [3.63, 3.8) is 0 Å². The molecule has 1 aromatic heterocycles. The number of halogens is 1. The molecule has 0 radical (unpaired) electrons. The van der Waals surface area contributed by atoms with Crippen molar-refractivity contribution in [3.05, 3.63) is 114 Å². The number of carbonyl (C=O) groups excluding carboxylic acids is 1. The highest BCUT2D eigenvalue weighted by molar-refractivity contribution is 6.46. The number of allylic oxidation sites excluding steroid dienone is 3. The predicted molar refractivity (Wildman–Crippen MR) is 131 cm³/mol. The zero-order chi connectivity index (χ0) is 23.9. The van der Waals surface area contributed by atoms with Crippen LogP contribution in [0.1, 0.15) is 24.1 Å². The standard InChI is InChI=1S/C28H21FN4O2/c1-17-23-9-7-18(19-11-22(14-30-13-19)35-21-5-3-2-4-6-21)12-24(23)27(31-17)28(34)32-26-16-33-15-20(33)8-10-25(26)29/h2-14,16-17H,15H2,1H3,(H,32,34)/t17-,33?/m0/s1. The normalized spacial score (nSPS) is 17.8. The second kappa shape index (κ2) is 8.36. The minimum atomic E-state index is -0.486. The number of para-hydroxylation sites is 1. The minimum Gasteiger partial charge on any atom is -0.456 e. The highest BCUT2D eigenvalue weighted by Gasteiger charge is 2.30. The first-order valence-electron chi connectivity index (χ1n) is 11.3. The van der Waals surface area contributed by atoms with Crippen LogP contribution >= 0.6 is 0 Å². The third-order valence-corrected chi connectivity index (χ3v) is 6.13. The third kappa shape index (κ3) is 4.12. The number of benzene rings is 2. The van der Waals surface area contributed by atoms with Gasteiger partial charge in [-0.1, -0.05) is 30.3 Å². The van der Waals surface area contributed by atoms with Crippen molar-refractivity contribution in [3.8, 4) is 22.6 Å². The van der Waals surface area contributed by atoms with E-state index >= 15 is 0 Å². The van der Waals surface area contributed by atoms with E-state index in [-0.39, 0.29) is 17.5 Å². The molecule has 3 aliphatic rings. The Hall–Kier alpha value is -4.52. The summed E-state index contributed by atoms with van der Waals surface area (Å²) < 4.78 is 20.4. The number of fused-ring (bicyclic) bond motifs is 2. The van der Waals surface area contributed by atoms with Crippen molar-refractivity contribution in [1.29, 1.82) is 0 Å². The smallest absolute Gasteiger partial charge is 0.274 e. The number of aliphatic imine (C=N–C) groups is 1. The second-order valence-electron chi connectivity index (χ2n) is 8.58. The summed E-state index contributed by atoms with van der Waals surface area (Å²) in [5, 5.41) is 2.71. The van der Waals surface area contributed by atoms with Gasteiger partial charge in [0.15, 0.2) is 0 Å². The number of aromatic nitrogens is 1. The zero-order valence-electron chi connectivity index (χ0n) is 18.9. The van der Waals surface area contributed by atoms with Gasteiger partial charge in [-0.15, -0.1) is 0 Å². The largest absolute Gasteiger partial charge is 0.456 e. The van der Waals surface area contributed by atoms with E-state index in [9.17, 15) is 9.18 Å². The number of pyridine rings is 1. The van der Waals surface area contributed by atoms with E-state index in [0.29, 0.717) is 5.75 Å². The number of nitrogens with zero attached hydrogens (tertiary/aromatic N) is 3. The third-order valence-electron chi connectivity index (χ3n) is 6.13. The molecule has 0 unspecified atom stereocenters. The van der Waals surface area contributed by atoms with Gasteiger partial charge < -0.3 is 15.0 Å². The van der Waals surface area contributed by atoms with E-state index in [0.717, 1.165) is 40.2 Å². The molecule has 0 saturated carbocycles. The number of hydrogen-bond acceptors (Lipinski definition) is 5. The molecule has 6 rings (SSSR count). The Bertz CT molecular complexity index is 1470. The molecule has 35 heavy (non-hydrogen) atoms. The van der Waals surface area contributed by atoms with Crippen LogP contribution in [0.15, 0.2) is 108 Å². The first-order chi connectivity index (χ1) is 17.0. The van der Waals surface area contributed by atoms with Gasteiger partial charge >= 0.3 is 0 Å². The molecular weight excluding hydrogens is 443 g/mol. The topological polar surface area (TPSA) is 66.6 Å². The molecule has 1 amide bonds. The number of rotatable bonds is 5. The molecule has 1 saturated heterocycles. The predicted octanol–water partition coefficient (Wildman–Crippen LogP) is 5.43. The zero-order valence-corrected chi connectivity index (χ0v) is 18.9. The van der Waals surface area contributed by atoms with Gasteiger partial charge in [-0.05, 0) is 54.5 Å². The summed E-state index contributed by atoms with van der Waals surface area (Å²) in [6, 6.07) is 17.1. The molecule has 2 aromatic carbocycles. The first-order valence-corrected chi connectivity index (χ1v) is 11.3. The number of amides is 1. The van der Waals surface area contributed by atoms with Crippen LogP contribution in [0, 0.1) is 0 Å². The molecule has 1 atom stereocenters. The summed E-state index contributed by atoms with van der Waals surface area (Å²) in [6.07, 6.45) is 8.11. The van der Waals surface area contributed by atoms with Gasteiger partial charge in [-0.2, -0.15) is 0 Å². The van der Waals surface area contributed by atoms with Gasteiger partial charge in [0.1, 0.15) is 23.0 Å². The molecule has 3 aliphatic heterocycles. The monoisotopic (exact) mass is 464 g/mol. The summed E-state index contributed by atoms with van der Waals surface area (Å²) >= 11 is 0. The lowest BCUT2D eigenvalue weighted by Crippen LogP contribution is -2.31. The molecule has 0 bridgehead atoms. The lowest BCUT2D eigenvalue weighted by Gasteiger charge is -2.11. The van der Waals surface area contributed by atoms with Crippen molar-refractivity contribution >= 4 is 11.6 Å². The van der Waals surface area contributed by atoms with Crippen molar-refractivity contribution in [2.24, 2.45) is 4.99 Å². The Morgan fingerprint density at radius 2 is 1.91 bits per heavy atom. The summed E-state index contributed by atoms with van der Waals surface area (Å²) in [4.78, 5) is 23.9. The maximum atomic E-state index is 14.4. The van der Waals surface area contributed by atoms with Crippen LogP contribution in [-0.4, -0.2) is 28.0 Å². The Balaban J connectivity index is 1.27. The van der Waals surface area contributed by atoms with Gasteiger partial charge in [-0.25, -0.2) is 4.39 Å². The fourth-order valence-electron chi connectivity index (χ4n) is 4.24. The molecule has 1 N–H and O–H groups in total. The average molecular weight is 465 g/mol. The molecule has 0 spiro atoms. The highest BCUT2D eigenvalue weighted by Crippen LogP contribution is 2.34. The van der Waals surface area contributed by atoms with Gasteiger partial charge in [0.05, 0.1) is 24.5 Å². The van der Waals surface area contributed by atoms with Crippen LogP contribution in [0.3, 0.4) is 0 Å². The number of ether oxygens (including phenoxy) is 1. The van der Waals surface area contributed by atoms with Crippen LogP contribution in [0.2, 0.25) is 0 Å². The van der Waals surface area contributed by atoms with Crippen LogP contribution in [0.4, 0.5) is 4.39 Å². The number of nitrogens with one attached hydrogen (secondary N) is 1. The first kappa shape index (κ1) is 21.0. The van der Waals surface area contributed by atoms with Crippen molar-refractivity contribution in [1.82, 2.24) is 15.2 Å². The van der Waals surface area contributed by atoms with Crippen LogP contribution in [-0.2, 0) is 4.79 Å². The Morgan fingerprint density at radius 1 is 1.06 bits per heavy atom. The van der Waals surface area contributed by atoms with E-state index in [1.807, 2.05) is 66.4 Å². The quantitative estimate of drug-likeness (QED) is 0.512. The van der Waals surface area contributed by atoms with Crippen molar-refractivity contribution in [2.75, 3.05) is 6.54 Å². The van der Waals surface area contributed by atoms with Gasteiger partial charge in [0.2, 0.25) is 0 Å². The fourth-order valence-corrected chi connectivity index (χ4v) is 4.24. The lowest BCUT2D eigenvalue weighted by atomic mass is 9.96. The molecule has 6 nitrogen and oxygen atoms in total. The van der Waals surface area contributed by atoms with Gasteiger partial charge in [0, 0.05) is 29.2 Å². The van der Waals surface area contributed by atoms with Crippen LogP contribution < -0.4 is 10.1 Å². The molecule has 3 aromatic rings. The summed E-state index contributed by atoms with van der Waals surface area (Å²) in [6.45, 7) is 2.68. The van der Waals surface area contributed by atoms with E-state index in [2.05, 4.69) is 15.3 Å². The second-order valence-corrected chi connectivity index (χ2v) is 8.58. The lowest BCUT2D eigenvalue weighted by molar-refractivity contribution is -0.114. The maximum Gasteiger partial charge on any atom is 0.274 e. The summed E-state index contributed by atoms with van der Waals surface area (Å²) in [7, 11) is 0. The molecule has 0 aliphatic carbocycles. The molecular formula is C28H21FN4O2. The van der Waals surface area contributed by atoms with Crippen LogP contribution in [0.5, 0.6) is 11.5 Å². The molecule has 1 fully saturated rings. The molecule has 4 heterocycles. The van der Waals surface area contributed by atoms with E-state index in [1.54, 1.807) is 24.7 Å². The van der Waals surface area contributed by atoms with Crippen molar-refractivity contribution < 1.29 is 13.9 Å². The fraction of sp³-hybridized carbons (Fsp3) is 0.107. The van der Waals surface area contributed by atoms with E-state index in [4.69, 9.17) is 4.74 Å². The Kier molecular flexibility index (Phi) is 5.03. The summed E-state index contributed by atoms with van der Waals surface area (Å²) in [5.41, 5.74) is 4.83. The van der Waals surface area contributed by atoms with Crippen LogP contribution in [0.25, 0.3) is 11.1 Å². The SMILES string of the molecule is C[C@@H]1N=C(C(=O)NC2=CN3CC3=CC=C2F)c2cc(-c3cncc(Oc4ccccc4)c3)ccc21. The maximum absolute atomic E-state index is 14.4. The molecule has 7 heteroatoms. The van der Waals surface area contributed by atoms with Gasteiger partial charge in [0.25, 0.3) is 5.91 Å². The molecule has 172 valence electrons. The van der Waals surface area contributed by atoms with Gasteiger partial charge in [-0.3, -0.25) is 14.8 Å². The van der Waals surface area contributed by atoms with E-state index < -0.39 is 11.7 Å². The Labute approximate surface area is 201 Å². The highest BCUT2D eigenvalue weighted by atomic mass is 19.1. The number of hydrogen-bond donors (Lipinski definition) is 1. The average Bonchev–Trinajstić information content (AvgIpc) is 3.56. The van der Waals surface area contributed by atoms with E-state index in [1.165, 1.54) is 6.08 Å². The minimum absolute atomic E-state index is 0.133. The number of carbonyl (C=O) groups is 1.